The number of carbonyl (C=O) groups is 1. The van der Waals surface area contributed by atoms with Gasteiger partial charge in [-0.05, 0) is 12.5 Å². The average Bonchev–Trinajstić information content (AvgIpc) is 2.15. The third-order valence-electron chi connectivity index (χ3n) is 1.93. The third kappa shape index (κ3) is 2.56. The third-order valence-corrected chi connectivity index (χ3v) is 1.93. The normalized spacial score (nSPS) is 14.6. The zero-order chi connectivity index (χ0) is 9.68. The van der Waals surface area contributed by atoms with Crippen LogP contribution in [0.1, 0.15) is 18.5 Å². The number of carbonyl (C=O) groups excluding carboxylic acids is 1. The van der Waals surface area contributed by atoms with Crippen LogP contribution in [0.4, 0.5) is 0 Å². The Morgan fingerprint density at radius 2 is 2.00 bits per heavy atom. The van der Waals surface area contributed by atoms with E-state index in [2.05, 4.69) is 5.32 Å². The molecule has 0 spiro atoms. The lowest BCUT2D eigenvalue weighted by Gasteiger charge is -2.19. The van der Waals surface area contributed by atoms with E-state index in [4.69, 9.17) is 5.73 Å². The highest BCUT2D eigenvalue weighted by Gasteiger charge is 2.13. The molecule has 0 aromatic heterocycles. The minimum absolute atomic E-state index is 0.0902. The molecule has 1 aromatic rings. The van der Waals surface area contributed by atoms with Gasteiger partial charge in [0.25, 0.3) is 0 Å². The van der Waals surface area contributed by atoms with Gasteiger partial charge >= 0.3 is 0 Å². The molecular weight excluding hydrogens is 164 g/mol. The summed E-state index contributed by atoms with van der Waals surface area (Å²) < 4.78 is 0. The van der Waals surface area contributed by atoms with Crippen molar-refractivity contribution in [2.45, 2.75) is 19.0 Å². The standard InChI is InChI=1S/C10H14N2O/c1-8(11)10(12-7-13)9-5-3-2-4-6-9/h2-8,10H,11H2,1H3,(H,12,13). The van der Waals surface area contributed by atoms with Gasteiger partial charge in [-0.3, -0.25) is 4.79 Å². The summed E-state index contributed by atoms with van der Waals surface area (Å²) in [6.07, 6.45) is 0.682. The quantitative estimate of drug-likeness (QED) is 0.671. The SMILES string of the molecule is CC(N)C(NC=O)c1ccccc1. The summed E-state index contributed by atoms with van der Waals surface area (Å²) in [6, 6.07) is 9.50. The average molecular weight is 178 g/mol. The van der Waals surface area contributed by atoms with Crippen LogP contribution in [0, 0.1) is 0 Å². The van der Waals surface area contributed by atoms with Crippen molar-refractivity contribution in [3.05, 3.63) is 35.9 Å². The van der Waals surface area contributed by atoms with Gasteiger partial charge in [0, 0.05) is 6.04 Å². The molecule has 0 bridgehead atoms. The first kappa shape index (κ1) is 9.74. The van der Waals surface area contributed by atoms with Crippen molar-refractivity contribution >= 4 is 6.41 Å². The van der Waals surface area contributed by atoms with Crippen molar-refractivity contribution in [2.24, 2.45) is 5.73 Å². The van der Waals surface area contributed by atoms with E-state index in [1.54, 1.807) is 0 Å². The molecule has 70 valence electrons. The topological polar surface area (TPSA) is 55.1 Å². The Balaban J connectivity index is 2.82. The van der Waals surface area contributed by atoms with E-state index in [0.29, 0.717) is 6.41 Å². The highest BCUT2D eigenvalue weighted by Crippen LogP contribution is 2.14. The Bertz CT molecular complexity index is 259. The first-order valence-electron chi connectivity index (χ1n) is 4.26. The molecule has 0 aliphatic heterocycles. The molecule has 0 aliphatic carbocycles. The highest BCUT2D eigenvalue weighted by molar-refractivity contribution is 5.48. The van der Waals surface area contributed by atoms with Crippen LogP contribution in [0.2, 0.25) is 0 Å². The van der Waals surface area contributed by atoms with Crippen LogP contribution in [0.5, 0.6) is 0 Å². The first-order chi connectivity index (χ1) is 6.25. The second-order valence-electron chi connectivity index (χ2n) is 3.03. The van der Waals surface area contributed by atoms with Gasteiger partial charge < -0.3 is 11.1 Å². The van der Waals surface area contributed by atoms with Gasteiger partial charge in [0.15, 0.2) is 0 Å². The summed E-state index contributed by atoms with van der Waals surface area (Å²) in [5, 5.41) is 2.69. The van der Waals surface area contributed by atoms with Crippen LogP contribution in [0.15, 0.2) is 30.3 Å². The Hall–Kier alpha value is -1.35. The number of amides is 1. The second kappa shape index (κ2) is 4.62. The molecule has 2 atom stereocenters. The van der Waals surface area contributed by atoms with Crippen LogP contribution in [0.25, 0.3) is 0 Å². The van der Waals surface area contributed by atoms with Gasteiger partial charge in [-0.15, -0.1) is 0 Å². The van der Waals surface area contributed by atoms with E-state index in [9.17, 15) is 4.79 Å². The summed E-state index contributed by atoms with van der Waals surface area (Å²) in [6.45, 7) is 1.87. The molecule has 0 fully saturated rings. The van der Waals surface area contributed by atoms with Gasteiger partial charge in [-0.1, -0.05) is 30.3 Å². The predicted octanol–water partition coefficient (Wildman–Crippen LogP) is 0.821. The summed E-state index contributed by atoms with van der Waals surface area (Å²) in [5.74, 6) is 0. The zero-order valence-electron chi connectivity index (χ0n) is 7.60. The van der Waals surface area contributed by atoms with Crippen LogP contribution < -0.4 is 11.1 Å². The van der Waals surface area contributed by atoms with Crippen molar-refractivity contribution in [1.29, 1.82) is 0 Å². The molecule has 2 unspecified atom stereocenters. The molecule has 1 amide bonds. The maximum Gasteiger partial charge on any atom is 0.207 e. The fraction of sp³-hybridized carbons (Fsp3) is 0.300. The molecule has 0 radical (unpaired) electrons. The van der Waals surface area contributed by atoms with Crippen LogP contribution in [-0.2, 0) is 4.79 Å². The Morgan fingerprint density at radius 1 is 1.38 bits per heavy atom. The van der Waals surface area contributed by atoms with Gasteiger partial charge in [0.05, 0.1) is 6.04 Å². The van der Waals surface area contributed by atoms with Crippen molar-refractivity contribution < 1.29 is 4.79 Å². The van der Waals surface area contributed by atoms with Crippen LogP contribution >= 0.6 is 0 Å². The maximum absolute atomic E-state index is 10.3. The molecular formula is C10H14N2O. The smallest absolute Gasteiger partial charge is 0.207 e. The Labute approximate surface area is 77.9 Å². The number of benzene rings is 1. The zero-order valence-corrected chi connectivity index (χ0v) is 7.60. The maximum atomic E-state index is 10.3. The van der Waals surface area contributed by atoms with Crippen molar-refractivity contribution in [3.63, 3.8) is 0 Å². The number of nitrogens with two attached hydrogens (primary N) is 1. The summed E-state index contributed by atoms with van der Waals surface area (Å²) >= 11 is 0. The molecule has 3 heteroatoms. The van der Waals surface area contributed by atoms with E-state index in [1.165, 1.54) is 0 Å². The number of nitrogens with one attached hydrogen (secondary N) is 1. The fourth-order valence-corrected chi connectivity index (χ4v) is 1.29. The molecule has 0 heterocycles. The molecule has 3 N–H and O–H groups in total. The van der Waals surface area contributed by atoms with Crippen LogP contribution in [-0.4, -0.2) is 12.5 Å². The van der Waals surface area contributed by atoms with E-state index < -0.39 is 0 Å². The van der Waals surface area contributed by atoms with Crippen molar-refractivity contribution in [1.82, 2.24) is 5.32 Å². The molecule has 1 rings (SSSR count). The fourth-order valence-electron chi connectivity index (χ4n) is 1.29. The molecule has 0 saturated heterocycles. The minimum Gasteiger partial charge on any atom is -0.350 e. The molecule has 1 aromatic carbocycles. The summed E-state index contributed by atoms with van der Waals surface area (Å²) in [4.78, 5) is 10.3. The number of rotatable bonds is 4. The summed E-state index contributed by atoms with van der Waals surface area (Å²) in [5.41, 5.74) is 6.77. The Kier molecular flexibility index (Phi) is 3.46. The van der Waals surface area contributed by atoms with Gasteiger partial charge in [0.1, 0.15) is 0 Å². The van der Waals surface area contributed by atoms with Crippen molar-refractivity contribution in [2.75, 3.05) is 0 Å². The van der Waals surface area contributed by atoms with Gasteiger partial charge in [-0.2, -0.15) is 0 Å². The van der Waals surface area contributed by atoms with E-state index in [1.807, 2.05) is 37.3 Å². The van der Waals surface area contributed by atoms with Crippen LogP contribution in [0.3, 0.4) is 0 Å². The highest BCUT2D eigenvalue weighted by atomic mass is 16.1. The largest absolute Gasteiger partial charge is 0.350 e. The van der Waals surface area contributed by atoms with E-state index in [-0.39, 0.29) is 12.1 Å². The second-order valence-corrected chi connectivity index (χ2v) is 3.03. The molecule has 13 heavy (non-hydrogen) atoms. The molecule has 3 nitrogen and oxygen atoms in total. The first-order valence-corrected chi connectivity index (χ1v) is 4.26. The Morgan fingerprint density at radius 3 is 2.46 bits per heavy atom. The summed E-state index contributed by atoms with van der Waals surface area (Å²) in [7, 11) is 0. The number of hydrogen-bond acceptors (Lipinski definition) is 2. The minimum atomic E-state index is -0.0984. The predicted molar refractivity (Wildman–Crippen MR) is 52.0 cm³/mol. The lowest BCUT2D eigenvalue weighted by Crippen LogP contribution is -2.34. The van der Waals surface area contributed by atoms with Gasteiger partial charge in [0.2, 0.25) is 6.41 Å². The van der Waals surface area contributed by atoms with E-state index >= 15 is 0 Å². The lowest BCUT2D eigenvalue weighted by molar-refractivity contribution is -0.110. The number of hydrogen-bond donors (Lipinski definition) is 2. The lowest BCUT2D eigenvalue weighted by atomic mass is 10.0. The monoisotopic (exact) mass is 178 g/mol. The molecule has 0 aliphatic rings. The van der Waals surface area contributed by atoms with Gasteiger partial charge in [-0.25, -0.2) is 0 Å². The molecule has 0 saturated carbocycles. The van der Waals surface area contributed by atoms with E-state index in [0.717, 1.165) is 5.56 Å². The van der Waals surface area contributed by atoms with Crippen molar-refractivity contribution in [3.8, 4) is 0 Å².